The highest BCUT2D eigenvalue weighted by atomic mass is 16.5. The molecule has 2 unspecified atom stereocenters. The van der Waals surface area contributed by atoms with Crippen LogP contribution in [0.25, 0.3) is 11.3 Å². The van der Waals surface area contributed by atoms with Gasteiger partial charge in [0, 0.05) is 11.1 Å². The van der Waals surface area contributed by atoms with Crippen molar-refractivity contribution in [1.29, 1.82) is 0 Å². The number of nitrogens with two attached hydrogens (primary N) is 1. The average molecular weight is 284 g/mol. The summed E-state index contributed by atoms with van der Waals surface area (Å²) < 4.78 is 5.88. The summed E-state index contributed by atoms with van der Waals surface area (Å²) in [5.41, 5.74) is 5.57. The Morgan fingerprint density at radius 1 is 1.19 bits per heavy atom. The van der Waals surface area contributed by atoms with Gasteiger partial charge in [0.05, 0.1) is 11.8 Å². The number of hydrogen-bond donors (Lipinski definition) is 2. The summed E-state index contributed by atoms with van der Waals surface area (Å²) in [5, 5.41) is 0. The lowest BCUT2D eigenvalue weighted by molar-refractivity contribution is 0.0504. The Morgan fingerprint density at radius 2 is 1.95 bits per heavy atom. The molecule has 21 heavy (non-hydrogen) atoms. The zero-order valence-corrected chi connectivity index (χ0v) is 12.3. The van der Waals surface area contributed by atoms with Crippen molar-refractivity contribution >= 4 is 5.82 Å². The summed E-state index contributed by atoms with van der Waals surface area (Å²) >= 11 is 0. The smallest absolute Gasteiger partial charge is 0.160 e. The topological polar surface area (TPSA) is 73.1 Å². The van der Waals surface area contributed by atoms with Crippen LogP contribution in [0.3, 0.4) is 0 Å². The van der Waals surface area contributed by atoms with E-state index in [-0.39, 0.29) is 12.2 Å². The number of hydrazine groups is 1. The van der Waals surface area contributed by atoms with Crippen LogP contribution >= 0.6 is 0 Å². The first-order valence-electron chi connectivity index (χ1n) is 7.25. The fourth-order valence-corrected chi connectivity index (χ4v) is 2.69. The number of nitrogens with one attached hydrogen (secondary N) is 1. The third kappa shape index (κ3) is 2.75. The van der Waals surface area contributed by atoms with Gasteiger partial charge in [0.2, 0.25) is 0 Å². The van der Waals surface area contributed by atoms with E-state index in [1.807, 2.05) is 37.3 Å². The molecule has 0 amide bonds. The zero-order chi connectivity index (χ0) is 14.8. The quantitative estimate of drug-likeness (QED) is 0.669. The molecule has 0 aliphatic carbocycles. The van der Waals surface area contributed by atoms with Crippen molar-refractivity contribution < 1.29 is 4.74 Å². The molecule has 0 saturated carbocycles. The Labute approximate surface area is 124 Å². The van der Waals surface area contributed by atoms with Gasteiger partial charge in [-0.15, -0.1) is 0 Å². The van der Waals surface area contributed by atoms with Crippen molar-refractivity contribution in [3.05, 3.63) is 41.7 Å². The second kappa shape index (κ2) is 5.79. The van der Waals surface area contributed by atoms with Gasteiger partial charge in [0.1, 0.15) is 11.9 Å². The zero-order valence-electron chi connectivity index (χ0n) is 12.3. The summed E-state index contributed by atoms with van der Waals surface area (Å²) in [4.78, 5) is 9.26. The predicted octanol–water partition coefficient (Wildman–Crippen LogP) is 2.98. The minimum absolute atomic E-state index is 0.0461. The average Bonchev–Trinajstić information content (AvgIpc) is 2.95. The minimum atomic E-state index is -0.0461. The third-order valence-corrected chi connectivity index (χ3v) is 3.87. The van der Waals surface area contributed by atoms with Crippen LogP contribution in [0.15, 0.2) is 30.3 Å². The van der Waals surface area contributed by atoms with Gasteiger partial charge in [-0.1, -0.05) is 30.3 Å². The first kappa shape index (κ1) is 14.0. The molecular weight excluding hydrogens is 264 g/mol. The highest BCUT2D eigenvalue weighted by molar-refractivity contribution is 5.67. The van der Waals surface area contributed by atoms with E-state index in [4.69, 9.17) is 15.6 Å². The molecule has 1 aromatic heterocycles. The molecule has 5 heteroatoms. The second-order valence-electron chi connectivity index (χ2n) is 5.43. The molecule has 0 spiro atoms. The van der Waals surface area contributed by atoms with Crippen molar-refractivity contribution in [1.82, 2.24) is 9.97 Å². The fourth-order valence-electron chi connectivity index (χ4n) is 2.69. The summed E-state index contributed by atoms with van der Waals surface area (Å²) in [6.45, 7) is 4.05. The van der Waals surface area contributed by atoms with Crippen LogP contribution in [0.1, 0.15) is 37.3 Å². The largest absolute Gasteiger partial charge is 0.367 e. The van der Waals surface area contributed by atoms with Crippen molar-refractivity contribution in [3.63, 3.8) is 0 Å². The fraction of sp³-hybridized carbons (Fsp3) is 0.375. The first-order chi connectivity index (χ1) is 10.2. The molecule has 1 aliphatic heterocycles. The molecule has 1 aromatic carbocycles. The molecule has 5 nitrogen and oxygen atoms in total. The van der Waals surface area contributed by atoms with E-state index in [1.165, 1.54) is 0 Å². The van der Waals surface area contributed by atoms with Crippen LogP contribution in [0.5, 0.6) is 0 Å². The van der Waals surface area contributed by atoms with Gasteiger partial charge in [0.25, 0.3) is 0 Å². The second-order valence-corrected chi connectivity index (χ2v) is 5.43. The van der Waals surface area contributed by atoms with Gasteiger partial charge in [-0.2, -0.15) is 0 Å². The van der Waals surface area contributed by atoms with E-state index in [2.05, 4.69) is 17.3 Å². The van der Waals surface area contributed by atoms with E-state index < -0.39 is 0 Å². The maximum absolute atomic E-state index is 5.88. The van der Waals surface area contributed by atoms with Crippen LogP contribution in [0, 0.1) is 6.92 Å². The maximum atomic E-state index is 5.88. The Kier molecular flexibility index (Phi) is 3.86. The number of anilines is 1. The lowest BCUT2D eigenvalue weighted by Crippen LogP contribution is -2.15. The summed E-state index contributed by atoms with van der Waals surface area (Å²) in [7, 11) is 0. The normalized spacial score (nSPS) is 21.5. The number of aromatic nitrogens is 2. The van der Waals surface area contributed by atoms with E-state index in [1.54, 1.807) is 0 Å². The highest BCUT2D eigenvalue weighted by Crippen LogP contribution is 2.33. The molecule has 1 fully saturated rings. The Morgan fingerprint density at radius 3 is 2.57 bits per heavy atom. The van der Waals surface area contributed by atoms with E-state index in [0.717, 1.165) is 29.7 Å². The molecule has 2 atom stereocenters. The van der Waals surface area contributed by atoms with Crippen molar-refractivity contribution in [3.8, 4) is 11.3 Å². The van der Waals surface area contributed by atoms with Crippen molar-refractivity contribution in [2.24, 2.45) is 5.84 Å². The minimum Gasteiger partial charge on any atom is -0.367 e. The molecule has 1 saturated heterocycles. The van der Waals surface area contributed by atoms with Crippen LogP contribution in [0.2, 0.25) is 0 Å². The summed E-state index contributed by atoms with van der Waals surface area (Å²) in [5.74, 6) is 6.97. The molecule has 0 radical (unpaired) electrons. The van der Waals surface area contributed by atoms with Crippen molar-refractivity contribution in [2.45, 2.75) is 38.9 Å². The van der Waals surface area contributed by atoms with Gasteiger partial charge in [-0.3, -0.25) is 0 Å². The van der Waals surface area contributed by atoms with Gasteiger partial charge in [0.15, 0.2) is 5.82 Å². The number of nitrogen functional groups attached to an aromatic ring is 1. The standard InChI is InChI=1S/C16H20N4O/c1-10-8-9-13(21-10)16-18-14(11(2)15(19-16)20-17)12-6-4-3-5-7-12/h3-7,10,13H,8-9,17H2,1-2H3,(H,18,19,20). The molecule has 2 aromatic rings. The van der Waals surface area contributed by atoms with Gasteiger partial charge >= 0.3 is 0 Å². The molecule has 3 rings (SSSR count). The van der Waals surface area contributed by atoms with E-state index in [0.29, 0.717) is 11.6 Å². The Balaban J connectivity index is 2.07. The maximum Gasteiger partial charge on any atom is 0.160 e. The van der Waals surface area contributed by atoms with Crippen LogP contribution in [0.4, 0.5) is 5.82 Å². The summed E-state index contributed by atoms with van der Waals surface area (Å²) in [6.07, 6.45) is 2.20. The molecule has 110 valence electrons. The Hall–Kier alpha value is -1.98. The molecule has 1 aliphatic rings. The highest BCUT2D eigenvalue weighted by Gasteiger charge is 2.27. The van der Waals surface area contributed by atoms with E-state index in [9.17, 15) is 0 Å². The van der Waals surface area contributed by atoms with Crippen LogP contribution < -0.4 is 11.3 Å². The lowest BCUT2D eigenvalue weighted by Gasteiger charge is -2.15. The molecule has 0 bridgehead atoms. The monoisotopic (exact) mass is 284 g/mol. The third-order valence-electron chi connectivity index (χ3n) is 3.87. The summed E-state index contributed by atoms with van der Waals surface area (Å²) in [6, 6.07) is 10.1. The number of hydrogen-bond acceptors (Lipinski definition) is 5. The first-order valence-corrected chi connectivity index (χ1v) is 7.25. The molecule has 3 N–H and O–H groups in total. The molecular formula is C16H20N4O. The van der Waals surface area contributed by atoms with E-state index >= 15 is 0 Å². The van der Waals surface area contributed by atoms with Gasteiger partial charge in [-0.05, 0) is 26.7 Å². The van der Waals surface area contributed by atoms with Crippen LogP contribution in [-0.2, 0) is 4.74 Å². The van der Waals surface area contributed by atoms with Gasteiger partial charge < -0.3 is 10.2 Å². The Bertz CT molecular complexity index is 630. The lowest BCUT2D eigenvalue weighted by atomic mass is 10.1. The number of nitrogens with zero attached hydrogens (tertiary/aromatic N) is 2. The number of benzene rings is 1. The SMILES string of the molecule is Cc1c(NN)nc(C2CCC(C)O2)nc1-c1ccccc1. The number of rotatable bonds is 3. The van der Waals surface area contributed by atoms with Crippen LogP contribution in [-0.4, -0.2) is 16.1 Å². The molecule has 2 heterocycles. The number of ether oxygens (including phenoxy) is 1. The predicted molar refractivity (Wildman–Crippen MR) is 82.5 cm³/mol. The van der Waals surface area contributed by atoms with Crippen molar-refractivity contribution in [2.75, 3.05) is 5.43 Å². The van der Waals surface area contributed by atoms with Gasteiger partial charge in [-0.25, -0.2) is 15.8 Å².